The van der Waals surface area contributed by atoms with Crippen LogP contribution in [0.25, 0.3) is 0 Å². The molecule has 15 heavy (non-hydrogen) atoms. The minimum Gasteiger partial charge on any atom is -0.353 e. The first-order valence-electron chi connectivity index (χ1n) is 5.97. The van der Waals surface area contributed by atoms with Gasteiger partial charge in [-0.15, -0.1) is 0 Å². The fraction of sp³-hybridized carbons (Fsp3) is 0.917. The number of carbonyl (C=O) groups excluding carboxylic acids is 1. The van der Waals surface area contributed by atoms with E-state index in [1.165, 1.54) is 6.42 Å². The third-order valence-electron chi connectivity index (χ3n) is 3.69. The second kappa shape index (κ2) is 3.48. The highest BCUT2D eigenvalue weighted by Crippen LogP contribution is 2.44. The number of hydrogen-bond donors (Lipinski definition) is 2. The van der Waals surface area contributed by atoms with Gasteiger partial charge in [0.1, 0.15) is 0 Å². The number of piperazine rings is 1. The summed E-state index contributed by atoms with van der Waals surface area (Å²) in [6.07, 6.45) is 3.18. The summed E-state index contributed by atoms with van der Waals surface area (Å²) in [4.78, 5) is 12.0. The summed E-state index contributed by atoms with van der Waals surface area (Å²) in [5, 5.41) is 6.46. The van der Waals surface area contributed by atoms with Gasteiger partial charge in [-0.1, -0.05) is 20.8 Å². The van der Waals surface area contributed by atoms with Crippen molar-refractivity contribution in [2.75, 3.05) is 13.1 Å². The maximum atomic E-state index is 12.0. The average molecular weight is 210 g/mol. The number of carbonyl (C=O) groups is 1. The molecule has 2 fully saturated rings. The van der Waals surface area contributed by atoms with Crippen molar-refractivity contribution in [3.63, 3.8) is 0 Å². The van der Waals surface area contributed by atoms with E-state index in [-0.39, 0.29) is 16.9 Å². The molecule has 0 aromatic carbocycles. The number of hydrogen-bond acceptors (Lipinski definition) is 2. The summed E-state index contributed by atoms with van der Waals surface area (Å²) < 4.78 is 0. The van der Waals surface area contributed by atoms with Crippen molar-refractivity contribution in [3.8, 4) is 0 Å². The summed E-state index contributed by atoms with van der Waals surface area (Å²) >= 11 is 0. The highest BCUT2D eigenvalue weighted by Gasteiger charge is 2.48. The lowest BCUT2D eigenvalue weighted by atomic mass is 9.63. The highest BCUT2D eigenvalue weighted by molar-refractivity contribution is 5.87. The molecule has 0 aromatic rings. The van der Waals surface area contributed by atoms with Crippen LogP contribution in [-0.4, -0.2) is 24.5 Å². The topological polar surface area (TPSA) is 41.1 Å². The third-order valence-corrected chi connectivity index (χ3v) is 3.69. The van der Waals surface area contributed by atoms with Crippen molar-refractivity contribution in [1.82, 2.24) is 10.6 Å². The molecule has 2 atom stereocenters. The molecule has 1 spiro atoms. The molecule has 3 nitrogen and oxygen atoms in total. The Hall–Kier alpha value is -0.570. The summed E-state index contributed by atoms with van der Waals surface area (Å²) in [6, 6.07) is 0. The zero-order chi connectivity index (χ0) is 11.1. The average Bonchev–Trinajstić information content (AvgIpc) is 2.07. The SMILES string of the molecule is CC1CC(C)(C)CC2(C1)NCCNC2=O. The molecule has 1 amide bonds. The number of amides is 1. The Morgan fingerprint density at radius 2 is 2.00 bits per heavy atom. The molecule has 0 aromatic heterocycles. The van der Waals surface area contributed by atoms with Crippen molar-refractivity contribution in [1.29, 1.82) is 0 Å². The van der Waals surface area contributed by atoms with E-state index in [0.717, 1.165) is 25.9 Å². The Kier molecular flexibility index (Phi) is 2.53. The Labute approximate surface area is 92.0 Å². The fourth-order valence-corrected chi connectivity index (χ4v) is 3.61. The molecule has 1 aliphatic heterocycles. The molecule has 1 aliphatic carbocycles. The molecular weight excluding hydrogens is 188 g/mol. The second-order valence-electron chi connectivity index (χ2n) is 6.12. The van der Waals surface area contributed by atoms with Crippen molar-refractivity contribution >= 4 is 5.91 Å². The van der Waals surface area contributed by atoms with E-state index in [2.05, 4.69) is 31.4 Å². The van der Waals surface area contributed by atoms with Gasteiger partial charge in [-0.2, -0.15) is 0 Å². The Morgan fingerprint density at radius 1 is 1.27 bits per heavy atom. The largest absolute Gasteiger partial charge is 0.353 e. The first-order chi connectivity index (χ1) is 6.94. The fourth-order valence-electron chi connectivity index (χ4n) is 3.61. The molecular formula is C12H22N2O. The lowest BCUT2D eigenvalue weighted by molar-refractivity contribution is -0.133. The van der Waals surface area contributed by atoms with Gasteiger partial charge in [0, 0.05) is 13.1 Å². The summed E-state index contributed by atoms with van der Waals surface area (Å²) in [5.41, 5.74) is -0.00123. The molecule has 1 saturated heterocycles. The number of rotatable bonds is 0. The normalized spacial score (nSPS) is 40.2. The second-order valence-corrected chi connectivity index (χ2v) is 6.12. The van der Waals surface area contributed by atoms with Crippen LogP contribution in [0, 0.1) is 11.3 Å². The van der Waals surface area contributed by atoms with Gasteiger partial charge in [-0.3, -0.25) is 4.79 Å². The molecule has 86 valence electrons. The first kappa shape index (κ1) is 10.9. The molecule has 1 saturated carbocycles. The van der Waals surface area contributed by atoms with Crippen LogP contribution in [0.3, 0.4) is 0 Å². The maximum absolute atomic E-state index is 12.0. The summed E-state index contributed by atoms with van der Waals surface area (Å²) in [7, 11) is 0. The van der Waals surface area contributed by atoms with E-state index < -0.39 is 0 Å². The molecule has 1 heterocycles. The number of nitrogens with one attached hydrogen (secondary N) is 2. The monoisotopic (exact) mass is 210 g/mol. The standard InChI is InChI=1S/C12H22N2O/c1-9-6-11(2,3)8-12(7-9)10(15)13-4-5-14-12/h9,14H,4-8H2,1-3H3,(H,13,15). The van der Waals surface area contributed by atoms with Crippen molar-refractivity contribution in [2.45, 2.75) is 45.6 Å². The van der Waals surface area contributed by atoms with Crippen LogP contribution in [-0.2, 0) is 4.79 Å². The predicted molar refractivity (Wildman–Crippen MR) is 60.5 cm³/mol. The van der Waals surface area contributed by atoms with E-state index in [1.54, 1.807) is 0 Å². The van der Waals surface area contributed by atoms with E-state index >= 15 is 0 Å². The third kappa shape index (κ3) is 2.03. The van der Waals surface area contributed by atoms with Crippen molar-refractivity contribution < 1.29 is 4.79 Å². The highest BCUT2D eigenvalue weighted by atomic mass is 16.2. The molecule has 0 radical (unpaired) electrons. The van der Waals surface area contributed by atoms with Crippen LogP contribution >= 0.6 is 0 Å². The van der Waals surface area contributed by atoms with Crippen molar-refractivity contribution in [3.05, 3.63) is 0 Å². The van der Waals surface area contributed by atoms with Crippen LogP contribution in [0.1, 0.15) is 40.0 Å². The van der Waals surface area contributed by atoms with E-state index in [4.69, 9.17) is 0 Å². The quantitative estimate of drug-likeness (QED) is 0.632. The molecule has 3 heteroatoms. The van der Waals surface area contributed by atoms with Gasteiger partial charge >= 0.3 is 0 Å². The van der Waals surface area contributed by atoms with Gasteiger partial charge in [-0.25, -0.2) is 0 Å². The maximum Gasteiger partial charge on any atom is 0.240 e. The Bertz CT molecular complexity index is 275. The van der Waals surface area contributed by atoms with Gasteiger partial charge in [0.15, 0.2) is 0 Å². The van der Waals surface area contributed by atoms with Crippen LogP contribution < -0.4 is 10.6 Å². The van der Waals surface area contributed by atoms with Gasteiger partial charge in [0.25, 0.3) is 0 Å². The molecule has 2 N–H and O–H groups in total. The molecule has 2 unspecified atom stereocenters. The van der Waals surface area contributed by atoms with Gasteiger partial charge < -0.3 is 10.6 Å². The zero-order valence-corrected chi connectivity index (χ0v) is 10.0. The lowest BCUT2D eigenvalue weighted by Gasteiger charge is -2.48. The van der Waals surface area contributed by atoms with E-state index in [1.807, 2.05) is 0 Å². The van der Waals surface area contributed by atoms with E-state index in [0.29, 0.717) is 5.92 Å². The summed E-state index contributed by atoms with van der Waals surface area (Å²) in [6.45, 7) is 8.48. The van der Waals surface area contributed by atoms with Gasteiger partial charge in [0.2, 0.25) is 5.91 Å². The first-order valence-corrected chi connectivity index (χ1v) is 5.97. The van der Waals surface area contributed by atoms with E-state index in [9.17, 15) is 4.79 Å². The minimum atomic E-state index is -0.278. The zero-order valence-electron chi connectivity index (χ0n) is 10.0. The molecule has 0 bridgehead atoms. The lowest BCUT2D eigenvalue weighted by Crippen LogP contribution is -2.66. The van der Waals surface area contributed by atoms with Crippen molar-refractivity contribution in [2.24, 2.45) is 11.3 Å². The molecule has 2 rings (SSSR count). The van der Waals surface area contributed by atoms with Gasteiger partial charge in [0.05, 0.1) is 5.54 Å². The van der Waals surface area contributed by atoms with Crippen LogP contribution in [0.4, 0.5) is 0 Å². The smallest absolute Gasteiger partial charge is 0.240 e. The van der Waals surface area contributed by atoms with Crippen LogP contribution in [0.5, 0.6) is 0 Å². The Balaban J connectivity index is 2.22. The minimum absolute atomic E-state index is 0.216. The Morgan fingerprint density at radius 3 is 2.60 bits per heavy atom. The van der Waals surface area contributed by atoms with Crippen LogP contribution in [0.2, 0.25) is 0 Å². The van der Waals surface area contributed by atoms with Crippen LogP contribution in [0.15, 0.2) is 0 Å². The van der Waals surface area contributed by atoms with Gasteiger partial charge in [-0.05, 0) is 30.6 Å². The summed E-state index contributed by atoms with van der Waals surface area (Å²) in [5.74, 6) is 0.846. The molecule has 2 aliphatic rings. The predicted octanol–water partition coefficient (Wildman–Crippen LogP) is 1.29.